The van der Waals surface area contributed by atoms with E-state index in [-0.39, 0.29) is 0 Å². The van der Waals surface area contributed by atoms with E-state index in [0.29, 0.717) is 11.5 Å². The van der Waals surface area contributed by atoms with Gasteiger partial charge in [0, 0.05) is 12.4 Å². The van der Waals surface area contributed by atoms with Crippen molar-refractivity contribution in [3.05, 3.63) is 24.3 Å². The van der Waals surface area contributed by atoms with Gasteiger partial charge in [0.05, 0.1) is 6.21 Å². The molecule has 72 valence electrons. The van der Waals surface area contributed by atoms with Crippen molar-refractivity contribution in [2.24, 2.45) is 20.0 Å². The molecule has 0 saturated carbocycles. The topological polar surface area (TPSA) is 75.2 Å². The van der Waals surface area contributed by atoms with Crippen LogP contribution in [0.15, 0.2) is 38.4 Å². The van der Waals surface area contributed by atoms with Crippen LogP contribution in [-0.2, 0) is 5.66 Å². The Hall–Kier alpha value is -2.24. The van der Waals surface area contributed by atoms with Crippen LogP contribution >= 0.6 is 0 Å². The van der Waals surface area contributed by atoms with E-state index in [1.54, 1.807) is 24.7 Å². The van der Waals surface area contributed by atoms with Crippen molar-refractivity contribution >= 4 is 24.6 Å². The third-order valence-electron chi connectivity index (χ3n) is 2.18. The molecule has 3 rings (SSSR count). The standard InChI is InChI=1S/C9H6N6/c1-2-11-8(12-3-1)9-7(13-6-15-9)4-10-5-14-9/h1-6H. The number of hydrogen-bond donors (Lipinski definition) is 0. The molecule has 6 nitrogen and oxygen atoms in total. The van der Waals surface area contributed by atoms with Gasteiger partial charge in [-0.25, -0.2) is 29.9 Å². The Bertz CT molecular complexity index is 501. The van der Waals surface area contributed by atoms with Crippen LogP contribution in [0.25, 0.3) is 0 Å². The highest BCUT2D eigenvalue weighted by molar-refractivity contribution is 6.39. The molecule has 0 aliphatic carbocycles. The Labute approximate surface area is 85.3 Å². The third kappa shape index (κ3) is 1.04. The van der Waals surface area contributed by atoms with E-state index in [1.165, 1.54) is 12.7 Å². The summed E-state index contributed by atoms with van der Waals surface area (Å²) < 4.78 is 0. The van der Waals surface area contributed by atoms with Crippen LogP contribution in [0.5, 0.6) is 0 Å². The highest BCUT2D eigenvalue weighted by atomic mass is 15.2. The minimum atomic E-state index is -0.900. The molecule has 0 bridgehead atoms. The summed E-state index contributed by atoms with van der Waals surface area (Å²) in [6.45, 7) is 0. The fourth-order valence-electron chi connectivity index (χ4n) is 1.48. The van der Waals surface area contributed by atoms with Gasteiger partial charge in [0.15, 0.2) is 5.82 Å². The first-order valence-electron chi connectivity index (χ1n) is 4.38. The average molecular weight is 198 g/mol. The van der Waals surface area contributed by atoms with Gasteiger partial charge < -0.3 is 0 Å². The van der Waals surface area contributed by atoms with E-state index < -0.39 is 5.66 Å². The van der Waals surface area contributed by atoms with Gasteiger partial charge in [-0.3, -0.25) is 0 Å². The largest absolute Gasteiger partial charge is 0.257 e. The van der Waals surface area contributed by atoms with Crippen LogP contribution < -0.4 is 0 Å². The molecule has 1 aromatic rings. The molecule has 1 unspecified atom stereocenters. The Morgan fingerprint density at radius 2 is 1.80 bits per heavy atom. The SMILES string of the molecule is C1=NC=NC2(c3ncccn3)N=CN=C12. The molecule has 0 fully saturated rings. The normalized spacial score (nSPS) is 26.5. The van der Waals surface area contributed by atoms with Crippen molar-refractivity contribution in [1.82, 2.24) is 9.97 Å². The summed E-state index contributed by atoms with van der Waals surface area (Å²) in [6, 6.07) is 1.75. The second-order valence-corrected chi connectivity index (χ2v) is 3.03. The summed E-state index contributed by atoms with van der Waals surface area (Å²) in [4.78, 5) is 24.7. The Balaban J connectivity index is 2.19. The van der Waals surface area contributed by atoms with E-state index in [0.717, 1.165) is 0 Å². The molecule has 15 heavy (non-hydrogen) atoms. The number of aliphatic imine (C=N–C) groups is 4. The molecule has 3 heterocycles. The van der Waals surface area contributed by atoms with Gasteiger partial charge in [0.1, 0.15) is 18.4 Å². The highest BCUT2D eigenvalue weighted by Gasteiger charge is 2.42. The van der Waals surface area contributed by atoms with Gasteiger partial charge in [-0.1, -0.05) is 0 Å². The summed E-state index contributed by atoms with van der Waals surface area (Å²) in [5, 5.41) is 0. The molecule has 1 aromatic heterocycles. The van der Waals surface area contributed by atoms with Crippen molar-refractivity contribution in [1.29, 1.82) is 0 Å². The van der Waals surface area contributed by atoms with Gasteiger partial charge in [-0.15, -0.1) is 0 Å². The zero-order valence-electron chi connectivity index (χ0n) is 7.65. The van der Waals surface area contributed by atoms with Gasteiger partial charge in [0.25, 0.3) is 5.66 Å². The smallest absolute Gasteiger partial charge is 0.243 e. The van der Waals surface area contributed by atoms with Crippen molar-refractivity contribution in [2.75, 3.05) is 0 Å². The molecule has 6 heteroatoms. The zero-order chi connectivity index (χ0) is 10.1. The molecule has 2 aliphatic heterocycles. The van der Waals surface area contributed by atoms with Gasteiger partial charge in [0.2, 0.25) is 0 Å². The predicted molar refractivity (Wildman–Crippen MR) is 56.6 cm³/mol. The molecular formula is C9H6N6. The number of nitrogens with zero attached hydrogens (tertiary/aromatic N) is 6. The first kappa shape index (κ1) is 8.10. The molecule has 0 saturated heterocycles. The number of rotatable bonds is 1. The summed E-state index contributed by atoms with van der Waals surface area (Å²) in [6.07, 6.45) is 7.84. The van der Waals surface area contributed by atoms with Crippen molar-refractivity contribution < 1.29 is 0 Å². The fraction of sp³-hybridized carbons (Fsp3) is 0.111. The maximum Gasteiger partial charge on any atom is 0.257 e. The monoisotopic (exact) mass is 198 g/mol. The number of hydrogen-bond acceptors (Lipinski definition) is 6. The average Bonchev–Trinajstić information content (AvgIpc) is 2.75. The van der Waals surface area contributed by atoms with Gasteiger partial charge >= 0.3 is 0 Å². The minimum absolute atomic E-state index is 0.514. The third-order valence-corrected chi connectivity index (χ3v) is 2.18. The Kier molecular flexibility index (Phi) is 1.55. The minimum Gasteiger partial charge on any atom is -0.243 e. The molecular weight excluding hydrogens is 192 g/mol. The summed E-state index contributed by atoms with van der Waals surface area (Å²) in [5.74, 6) is 0.514. The number of fused-ring (bicyclic) bond motifs is 1. The van der Waals surface area contributed by atoms with E-state index in [4.69, 9.17) is 0 Å². The molecule has 0 N–H and O–H groups in total. The zero-order valence-corrected chi connectivity index (χ0v) is 7.65. The summed E-state index contributed by atoms with van der Waals surface area (Å²) in [7, 11) is 0. The van der Waals surface area contributed by atoms with Crippen LogP contribution in [-0.4, -0.2) is 34.6 Å². The predicted octanol–water partition coefficient (Wildman–Crippen LogP) is 0.225. The second-order valence-electron chi connectivity index (χ2n) is 3.03. The van der Waals surface area contributed by atoms with E-state index in [2.05, 4.69) is 29.9 Å². The highest BCUT2D eigenvalue weighted by Crippen LogP contribution is 2.29. The Morgan fingerprint density at radius 3 is 2.67 bits per heavy atom. The lowest BCUT2D eigenvalue weighted by Crippen LogP contribution is -2.34. The molecule has 0 radical (unpaired) electrons. The van der Waals surface area contributed by atoms with Crippen LogP contribution in [0.1, 0.15) is 5.82 Å². The molecule has 0 amide bonds. The molecule has 1 atom stereocenters. The Morgan fingerprint density at radius 1 is 1.00 bits per heavy atom. The summed E-state index contributed by atoms with van der Waals surface area (Å²) in [5.41, 5.74) is -0.251. The first-order chi connectivity index (χ1) is 7.42. The number of aromatic nitrogens is 2. The molecule has 0 spiro atoms. The van der Waals surface area contributed by atoms with Crippen LogP contribution in [0.4, 0.5) is 0 Å². The van der Waals surface area contributed by atoms with E-state index in [1.807, 2.05) is 0 Å². The van der Waals surface area contributed by atoms with Crippen LogP contribution in [0.3, 0.4) is 0 Å². The lowest BCUT2D eigenvalue weighted by molar-refractivity contribution is 0.612. The fourth-order valence-corrected chi connectivity index (χ4v) is 1.48. The van der Waals surface area contributed by atoms with Crippen LogP contribution in [0.2, 0.25) is 0 Å². The van der Waals surface area contributed by atoms with Crippen LogP contribution in [0, 0.1) is 0 Å². The molecule has 0 aromatic carbocycles. The summed E-state index contributed by atoms with van der Waals surface area (Å²) >= 11 is 0. The van der Waals surface area contributed by atoms with Gasteiger partial charge in [-0.2, -0.15) is 0 Å². The maximum atomic E-state index is 4.22. The first-order valence-corrected chi connectivity index (χ1v) is 4.38. The van der Waals surface area contributed by atoms with E-state index >= 15 is 0 Å². The van der Waals surface area contributed by atoms with E-state index in [9.17, 15) is 0 Å². The maximum absolute atomic E-state index is 4.22. The molecule has 2 aliphatic rings. The quantitative estimate of drug-likeness (QED) is 0.647. The lowest BCUT2D eigenvalue weighted by atomic mass is 10.1. The lowest BCUT2D eigenvalue weighted by Gasteiger charge is -2.20. The van der Waals surface area contributed by atoms with Gasteiger partial charge in [-0.05, 0) is 6.07 Å². The second kappa shape index (κ2) is 2.88. The van der Waals surface area contributed by atoms with Crippen molar-refractivity contribution in [3.63, 3.8) is 0 Å². The van der Waals surface area contributed by atoms with Crippen molar-refractivity contribution in [2.45, 2.75) is 5.66 Å². The van der Waals surface area contributed by atoms with Crippen molar-refractivity contribution in [3.8, 4) is 0 Å².